The third kappa shape index (κ3) is 3.59. The van der Waals surface area contributed by atoms with Gasteiger partial charge in [-0.25, -0.2) is 4.98 Å². The first kappa shape index (κ1) is 15.0. The van der Waals surface area contributed by atoms with Gasteiger partial charge in [0.1, 0.15) is 5.82 Å². The minimum atomic E-state index is -0.456. The van der Waals surface area contributed by atoms with E-state index in [1.54, 1.807) is 18.0 Å². The van der Waals surface area contributed by atoms with E-state index in [9.17, 15) is 14.9 Å². The molecule has 8 nitrogen and oxygen atoms in total. The molecule has 0 spiro atoms. The van der Waals surface area contributed by atoms with Crippen molar-refractivity contribution in [3.63, 3.8) is 0 Å². The number of amides is 1. The zero-order chi connectivity index (χ0) is 15.4. The van der Waals surface area contributed by atoms with Gasteiger partial charge in [0.05, 0.1) is 4.92 Å². The van der Waals surface area contributed by atoms with Crippen LogP contribution in [0.25, 0.3) is 0 Å². The molecular weight excluding hydrogens is 274 g/mol. The second-order valence-electron chi connectivity index (χ2n) is 5.01. The number of piperidine rings is 1. The lowest BCUT2D eigenvalue weighted by Gasteiger charge is -2.30. The number of nitro groups is 1. The van der Waals surface area contributed by atoms with Crippen LogP contribution < -0.4 is 10.6 Å². The third-order valence-corrected chi connectivity index (χ3v) is 3.40. The standard InChI is InChI=1S/C13H19N5O3/c1-3-14-11-6-5-10(18(20)21)13(16-11)15-9-4-7-12(19)17(2)8-9/h5-6,9H,3-4,7-8H2,1-2H3,(H2,14,15,16). The van der Waals surface area contributed by atoms with E-state index in [0.29, 0.717) is 31.7 Å². The van der Waals surface area contributed by atoms with Crippen LogP contribution in [-0.4, -0.2) is 46.9 Å². The summed E-state index contributed by atoms with van der Waals surface area (Å²) in [5.41, 5.74) is -0.0591. The molecule has 2 N–H and O–H groups in total. The molecule has 2 rings (SSSR count). The maximum absolute atomic E-state index is 11.5. The first-order chi connectivity index (χ1) is 10.0. The largest absolute Gasteiger partial charge is 0.370 e. The first-order valence-corrected chi connectivity index (χ1v) is 6.91. The van der Waals surface area contributed by atoms with Crippen molar-refractivity contribution in [2.24, 2.45) is 0 Å². The Morgan fingerprint density at radius 1 is 1.52 bits per heavy atom. The Balaban J connectivity index is 2.18. The average molecular weight is 293 g/mol. The van der Waals surface area contributed by atoms with Crippen molar-refractivity contribution in [3.8, 4) is 0 Å². The number of pyridine rings is 1. The summed E-state index contributed by atoms with van der Waals surface area (Å²) >= 11 is 0. The van der Waals surface area contributed by atoms with E-state index in [4.69, 9.17) is 0 Å². The highest BCUT2D eigenvalue weighted by atomic mass is 16.6. The molecule has 1 aliphatic heterocycles. The molecule has 1 unspecified atom stereocenters. The Morgan fingerprint density at radius 3 is 2.90 bits per heavy atom. The van der Waals surface area contributed by atoms with Crippen LogP contribution >= 0.6 is 0 Å². The molecule has 21 heavy (non-hydrogen) atoms. The van der Waals surface area contributed by atoms with E-state index < -0.39 is 4.92 Å². The molecular formula is C13H19N5O3. The van der Waals surface area contributed by atoms with Crippen molar-refractivity contribution < 1.29 is 9.72 Å². The van der Waals surface area contributed by atoms with E-state index in [2.05, 4.69) is 15.6 Å². The summed E-state index contributed by atoms with van der Waals surface area (Å²) in [6.07, 6.45) is 1.09. The quantitative estimate of drug-likeness (QED) is 0.629. The molecule has 0 bridgehead atoms. The number of carbonyl (C=O) groups excluding carboxylic acids is 1. The fourth-order valence-electron chi connectivity index (χ4n) is 2.31. The van der Waals surface area contributed by atoms with Gasteiger partial charge in [-0.1, -0.05) is 0 Å². The van der Waals surface area contributed by atoms with Crippen LogP contribution in [0.5, 0.6) is 0 Å². The molecule has 0 aromatic carbocycles. The summed E-state index contributed by atoms with van der Waals surface area (Å²) < 4.78 is 0. The van der Waals surface area contributed by atoms with Gasteiger partial charge in [-0.15, -0.1) is 0 Å². The number of hydrogen-bond acceptors (Lipinski definition) is 6. The highest BCUT2D eigenvalue weighted by Gasteiger charge is 2.25. The SMILES string of the molecule is CCNc1ccc([N+](=O)[O-])c(NC2CCC(=O)N(C)C2)n1. The zero-order valence-corrected chi connectivity index (χ0v) is 12.1. The van der Waals surface area contributed by atoms with Crippen LogP contribution in [0.3, 0.4) is 0 Å². The number of aromatic nitrogens is 1. The molecule has 0 radical (unpaired) electrons. The van der Waals surface area contributed by atoms with Crippen LogP contribution in [0.15, 0.2) is 12.1 Å². The van der Waals surface area contributed by atoms with Crippen LogP contribution in [0.1, 0.15) is 19.8 Å². The smallest absolute Gasteiger partial charge is 0.311 e. The maximum Gasteiger partial charge on any atom is 0.311 e. The molecule has 1 atom stereocenters. The molecule has 1 aliphatic rings. The zero-order valence-electron chi connectivity index (χ0n) is 12.1. The first-order valence-electron chi connectivity index (χ1n) is 6.91. The van der Waals surface area contributed by atoms with E-state index in [1.165, 1.54) is 6.07 Å². The highest BCUT2D eigenvalue weighted by Crippen LogP contribution is 2.26. The maximum atomic E-state index is 11.5. The molecule has 0 saturated carbocycles. The van der Waals surface area contributed by atoms with Gasteiger partial charge >= 0.3 is 5.69 Å². The second-order valence-corrected chi connectivity index (χ2v) is 5.01. The minimum absolute atomic E-state index is 0.0317. The number of rotatable bonds is 5. The normalized spacial score (nSPS) is 18.5. The summed E-state index contributed by atoms with van der Waals surface area (Å²) in [4.78, 5) is 28.0. The topological polar surface area (TPSA) is 100 Å². The van der Waals surface area contributed by atoms with Crippen LogP contribution in [-0.2, 0) is 4.79 Å². The number of anilines is 2. The van der Waals surface area contributed by atoms with Gasteiger partial charge < -0.3 is 15.5 Å². The lowest BCUT2D eigenvalue weighted by Crippen LogP contribution is -2.43. The average Bonchev–Trinajstić information content (AvgIpc) is 2.43. The summed E-state index contributed by atoms with van der Waals surface area (Å²) in [6.45, 7) is 3.13. The molecule has 8 heteroatoms. The fourth-order valence-corrected chi connectivity index (χ4v) is 2.31. The summed E-state index contributed by atoms with van der Waals surface area (Å²) in [7, 11) is 1.73. The summed E-state index contributed by atoms with van der Waals surface area (Å²) in [6, 6.07) is 2.99. The van der Waals surface area contributed by atoms with Gasteiger partial charge in [0.25, 0.3) is 0 Å². The van der Waals surface area contributed by atoms with Gasteiger partial charge in [0.15, 0.2) is 0 Å². The molecule has 2 heterocycles. The lowest BCUT2D eigenvalue weighted by atomic mass is 10.1. The molecule has 1 saturated heterocycles. The highest BCUT2D eigenvalue weighted by molar-refractivity contribution is 5.77. The van der Waals surface area contributed by atoms with E-state index in [0.717, 1.165) is 0 Å². The molecule has 114 valence electrons. The predicted molar refractivity (Wildman–Crippen MR) is 79.3 cm³/mol. The van der Waals surface area contributed by atoms with E-state index in [1.807, 2.05) is 6.92 Å². The van der Waals surface area contributed by atoms with Crippen molar-refractivity contribution in [1.29, 1.82) is 0 Å². The van der Waals surface area contributed by atoms with Crippen molar-refractivity contribution in [3.05, 3.63) is 22.2 Å². The number of nitrogens with one attached hydrogen (secondary N) is 2. The second kappa shape index (κ2) is 6.38. The number of carbonyl (C=O) groups is 1. The molecule has 1 fully saturated rings. The van der Waals surface area contributed by atoms with Crippen molar-refractivity contribution in [1.82, 2.24) is 9.88 Å². The van der Waals surface area contributed by atoms with Crippen LogP contribution in [0.4, 0.5) is 17.3 Å². The predicted octanol–water partition coefficient (Wildman–Crippen LogP) is 1.45. The molecule has 1 amide bonds. The van der Waals surface area contributed by atoms with E-state index >= 15 is 0 Å². The molecule has 1 aromatic heterocycles. The van der Waals surface area contributed by atoms with Crippen molar-refractivity contribution in [2.45, 2.75) is 25.8 Å². The van der Waals surface area contributed by atoms with E-state index in [-0.39, 0.29) is 23.5 Å². The van der Waals surface area contributed by atoms with Gasteiger partial charge in [-0.3, -0.25) is 14.9 Å². The van der Waals surface area contributed by atoms with Gasteiger partial charge in [-0.2, -0.15) is 0 Å². The number of likely N-dealkylation sites (N-methyl/N-ethyl adjacent to an activating group) is 1. The van der Waals surface area contributed by atoms with Gasteiger partial charge in [0.2, 0.25) is 11.7 Å². The number of likely N-dealkylation sites (tertiary alicyclic amines) is 1. The number of nitrogens with zero attached hydrogens (tertiary/aromatic N) is 3. The van der Waals surface area contributed by atoms with Crippen molar-refractivity contribution >= 4 is 23.2 Å². The van der Waals surface area contributed by atoms with Gasteiger partial charge in [-0.05, 0) is 19.4 Å². The van der Waals surface area contributed by atoms with Crippen molar-refractivity contribution in [2.75, 3.05) is 30.8 Å². The minimum Gasteiger partial charge on any atom is -0.370 e. The monoisotopic (exact) mass is 293 g/mol. The Bertz CT molecular complexity index is 549. The molecule has 0 aliphatic carbocycles. The van der Waals surface area contributed by atoms with Crippen LogP contribution in [0, 0.1) is 10.1 Å². The third-order valence-electron chi connectivity index (χ3n) is 3.40. The fraction of sp³-hybridized carbons (Fsp3) is 0.538. The number of hydrogen-bond donors (Lipinski definition) is 2. The Morgan fingerprint density at radius 2 is 2.29 bits per heavy atom. The molecule has 1 aromatic rings. The Hall–Kier alpha value is -2.38. The summed E-state index contributed by atoms with van der Waals surface area (Å²) in [5, 5.41) is 17.2. The lowest BCUT2D eigenvalue weighted by molar-refractivity contribution is -0.384. The Labute approximate surface area is 122 Å². The van der Waals surface area contributed by atoms with Gasteiger partial charge in [0, 0.05) is 38.7 Å². The van der Waals surface area contributed by atoms with Crippen LogP contribution in [0.2, 0.25) is 0 Å². The summed E-state index contributed by atoms with van der Waals surface area (Å²) in [5.74, 6) is 0.925. The Kier molecular flexibility index (Phi) is 4.56.